The molecule has 3 heterocycles. The van der Waals surface area contributed by atoms with Crippen molar-refractivity contribution in [1.82, 2.24) is 9.97 Å². The van der Waals surface area contributed by atoms with E-state index in [2.05, 4.69) is 9.97 Å². The van der Waals surface area contributed by atoms with Crippen LogP contribution in [0.2, 0.25) is 0 Å². The number of pyridine rings is 2. The van der Waals surface area contributed by atoms with Crippen molar-refractivity contribution >= 4 is 5.78 Å². The van der Waals surface area contributed by atoms with Crippen molar-refractivity contribution in [3.05, 3.63) is 53.4 Å². The van der Waals surface area contributed by atoms with Gasteiger partial charge < -0.3 is 9.47 Å². The normalized spacial score (nSPS) is 15.2. The van der Waals surface area contributed by atoms with Crippen molar-refractivity contribution in [1.29, 1.82) is 0 Å². The summed E-state index contributed by atoms with van der Waals surface area (Å²) in [4.78, 5) is 20.6. The lowest BCUT2D eigenvalue weighted by atomic mass is 10.1. The Morgan fingerprint density at radius 3 is 2.83 bits per heavy atom. The third kappa shape index (κ3) is 4.35. The lowest BCUT2D eigenvalue weighted by Crippen LogP contribution is -2.26. The predicted molar refractivity (Wildman–Crippen MR) is 85.7 cm³/mol. The lowest BCUT2D eigenvalue weighted by Gasteiger charge is -2.23. The molecule has 2 aromatic heterocycles. The molecule has 6 heteroatoms. The number of ether oxygens (including phenoxy) is 2. The molecule has 126 valence electrons. The van der Waals surface area contributed by atoms with Crippen molar-refractivity contribution in [2.24, 2.45) is 0 Å². The largest absolute Gasteiger partial charge is 0.490 e. The van der Waals surface area contributed by atoms with Crippen molar-refractivity contribution in [3.8, 4) is 5.75 Å². The fraction of sp³-hybridized carbons (Fsp3) is 0.389. The van der Waals surface area contributed by atoms with Crippen LogP contribution in [0.15, 0.2) is 30.5 Å². The number of aryl methyl sites for hydroxylation is 1. The number of carbonyl (C=O) groups is 1. The third-order valence-electron chi connectivity index (χ3n) is 3.81. The van der Waals surface area contributed by atoms with Crippen LogP contribution in [0.5, 0.6) is 5.75 Å². The van der Waals surface area contributed by atoms with Crippen LogP contribution in [0.25, 0.3) is 0 Å². The SMILES string of the molecule is Cc1cc(OC2CCOCC2)cc(C(=O)Cc2ccc(F)cn2)n1. The van der Waals surface area contributed by atoms with Gasteiger partial charge in [0.05, 0.1) is 25.8 Å². The minimum atomic E-state index is -0.424. The van der Waals surface area contributed by atoms with Crippen LogP contribution in [0, 0.1) is 12.7 Å². The molecule has 1 aliphatic heterocycles. The third-order valence-corrected chi connectivity index (χ3v) is 3.81. The second-order valence-electron chi connectivity index (χ2n) is 5.83. The number of rotatable bonds is 5. The fourth-order valence-electron chi connectivity index (χ4n) is 2.60. The summed E-state index contributed by atoms with van der Waals surface area (Å²) in [7, 11) is 0. The molecule has 0 bridgehead atoms. The quantitative estimate of drug-likeness (QED) is 0.789. The number of hydrogen-bond acceptors (Lipinski definition) is 5. The van der Waals surface area contributed by atoms with E-state index in [1.54, 1.807) is 6.07 Å². The number of ketones is 1. The van der Waals surface area contributed by atoms with Gasteiger partial charge in [0.1, 0.15) is 23.4 Å². The number of Topliss-reactive ketones (excluding diaryl/α,β-unsaturated/α-hetero) is 1. The summed E-state index contributed by atoms with van der Waals surface area (Å²) >= 11 is 0. The average Bonchev–Trinajstić information content (AvgIpc) is 2.57. The Bertz CT molecular complexity index is 713. The van der Waals surface area contributed by atoms with Crippen molar-refractivity contribution < 1.29 is 18.7 Å². The molecule has 0 aliphatic carbocycles. The van der Waals surface area contributed by atoms with Gasteiger partial charge in [0.2, 0.25) is 0 Å². The average molecular weight is 330 g/mol. The second-order valence-corrected chi connectivity index (χ2v) is 5.83. The van der Waals surface area contributed by atoms with E-state index < -0.39 is 5.82 Å². The Balaban J connectivity index is 1.72. The first-order valence-corrected chi connectivity index (χ1v) is 7.97. The first-order valence-electron chi connectivity index (χ1n) is 7.97. The van der Waals surface area contributed by atoms with Gasteiger partial charge in [0, 0.05) is 36.4 Å². The first kappa shape index (κ1) is 16.5. The van der Waals surface area contributed by atoms with E-state index in [1.807, 2.05) is 13.0 Å². The smallest absolute Gasteiger partial charge is 0.187 e. The molecule has 1 aliphatic rings. The molecule has 0 aromatic carbocycles. The molecule has 0 N–H and O–H groups in total. The zero-order chi connectivity index (χ0) is 16.9. The van der Waals surface area contributed by atoms with Crippen LogP contribution in [0.4, 0.5) is 4.39 Å². The molecule has 3 rings (SSSR count). The van der Waals surface area contributed by atoms with E-state index in [0.29, 0.717) is 30.4 Å². The van der Waals surface area contributed by atoms with E-state index >= 15 is 0 Å². The highest BCUT2D eigenvalue weighted by molar-refractivity contribution is 5.95. The van der Waals surface area contributed by atoms with E-state index in [0.717, 1.165) is 24.7 Å². The number of halogens is 1. The van der Waals surface area contributed by atoms with Crippen molar-refractivity contribution in [2.45, 2.75) is 32.3 Å². The van der Waals surface area contributed by atoms with Gasteiger partial charge in [-0.2, -0.15) is 0 Å². The van der Waals surface area contributed by atoms with Crippen LogP contribution in [-0.4, -0.2) is 35.1 Å². The Kier molecular flexibility index (Phi) is 5.15. The monoisotopic (exact) mass is 330 g/mol. The molecule has 0 atom stereocenters. The second kappa shape index (κ2) is 7.49. The van der Waals surface area contributed by atoms with Gasteiger partial charge in [-0.3, -0.25) is 9.78 Å². The van der Waals surface area contributed by atoms with Gasteiger partial charge in [-0.1, -0.05) is 0 Å². The Morgan fingerprint density at radius 1 is 1.33 bits per heavy atom. The van der Waals surface area contributed by atoms with Gasteiger partial charge in [0.15, 0.2) is 5.78 Å². The highest BCUT2D eigenvalue weighted by Gasteiger charge is 2.17. The molecular weight excluding hydrogens is 311 g/mol. The summed E-state index contributed by atoms with van der Waals surface area (Å²) in [5.74, 6) is 0.0477. The molecule has 0 amide bonds. The molecule has 2 aromatic rings. The van der Waals surface area contributed by atoms with Gasteiger partial charge in [-0.25, -0.2) is 9.37 Å². The maximum absolute atomic E-state index is 12.9. The summed E-state index contributed by atoms with van der Waals surface area (Å²) in [5.41, 5.74) is 1.56. The highest BCUT2D eigenvalue weighted by atomic mass is 19.1. The zero-order valence-corrected chi connectivity index (χ0v) is 13.5. The summed E-state index contributed by atoms with van der Waals surface area (Å²) in [6, 6.07) is 6.28. The minimum absolute atomic E-state index is 0.0768. The van der Waals surface area contributed by atoms with Crippen molar-refractivity contribution in [3.63, 3.8) is 0 Å². The molecule has 0 unspecified atom stereocenters. The molecule has 5 nitrogen and oxygen atoms in total. The molecule has 0 saturated carbocycles. The molecule has 1 fully saturated rings. The van der Waals surface area contributed by atoms with Gasteiger partial charge in [-0.05, 0) is 19.1 Å². The van der Waals surface area contributed by atoms with Crippen LogP contribution in [0.1, 0.15) is 34.7 Å². The predicted octanol–water partition coefficient (Wildman–Crippen LogP) is 2.91. The Morgan fingerprint density at radius 2 is 2.12 bits per heavy atom. The maximum Gasteiger partial charge on any atom is 0.187 e. The highest BCUT2D eigenvalue weighted by Crippen LogP contribution is 2.20. The van der Waals surface area contributed by atoms with E-state index in [4.69, 9.17) is 9.47 Å². The number of aromatic nitrogens is 2. The minimum Gasteiger partial charge on any atom is -0.490 e. The summed E-state index contributed by atoms with van der Waals surface area (Å²) < 4.78 is 24.2. The maximum atomic E-state index is 12.9. The first-order chi connectivity index (χ1) is 11.6. The molecule has 0 spiro atoms. The lowest BCUT2D eigenvalue weighted by molar-refractivity contribution is 0.0254. The van der Waals surface area contributed by atoms with Gasteiger partial charge in [-0.15, -0.1) is 0 Å². The standard InChI is InChI=1S/C18H19FN2O3/c1-12-8-16(24-15-4-6-23-7-5-15)10-17(21-12)18(22)9-14-3-2-13(19)11-20-14/h2-3,8,10-11,15H,4-7,9H2,1H3. The summed E-state index contributed by atoms with van der Waals surface area (Å²) in [6.07, 6.45) is 2.95. The fourth-order valence-corrected chi connectivity index (χ4v) is 2.60. The topological polar surface area (TPSA) is 61.3 Å². The zero-order valence-electron chi connectivity index (χ0n) is 13.5. The Hall–Kier alpha value is -2.34. The summed E-state index contributed by atoms with van der Waals surface area (Å²) in [5, 5.41) is 0. The molecular formula is C18H19FN2O3. The van der Waals surface area contributed by atoms with Crippen LogP contribution in [0.3, 0.4) is 0 Å². The van der Waals surface area contributed by atoms with E-state index in [9.17, 15) is 9.18 Å². The van der Waals surface area contributed by atoms with E-state index in [1.165, 1.54) is 12.1 Å². The molecule has 0 radical (unpaired) electrons. The van der Waals surface area contributed by atoms with E-state index in [-0.39, 0.29) is 18.3 Å². The van der Waals surface area contributed by atoms with Crippen LogP contribution in [-0.2, 0) is 11.2 Å². The van der Waals surface area contributed by atoms with Crippen molar-refractivity contribution in [2.75, 3.05) is 13.2 Å². The number of carbonyl (C=O) groups excluding carboxylic acids is 1. The van der Waals surface area contributed by atoms with Gasteiger partial charge >= 0.3 is 0 Å². The number of nitrogens with zero attached hydrogens (tertiary/aromatic N) is 2. The summed E-state index contributed by atoms with van der Waals surface area (Å²) in [6.45, 7) is 3.21. The molecule has 24 heavy (non-hydrogen) atoms. The number of hydrogen-bond donors (Lipinski definition) is 0. The van der Waals surface area contributed by atoms with Crippen LogP contribution < -0.4 is 4.74 Å². The molecule has 1 saturated heterocycles. The van der Waals surface area contributed by atoms with Gasteiger partial charge in [0.25, 0.3) is 0 Å². The van der Waals surface area contributed by atoms with Crippen LogP contribution >= 0.6 is 0 Å². The Labute approximate surface area is 139 Å².